The molecule has 1 aromatic heterocycles. The quantitative estimate of drug-likeness (QED) is 0.447. The van der Waals surface area contributed by atoms with E-state index in [1.807, 2.05) is 20.8 Å². The van der Waals surface area contributed by atoms with E-state index >= 15 is 0 Å². The molecule has 1 saturated heterocycles. The van der Waals surface area contributed by atoms with Gasteiger partial charge in [0.15, 0.2) is 0 Å². The van der Waals surface area contributed by atoms with E-state index in [0.29, 0.717) is 0 Å². The fourth-order valence-corrected chi connectivity index (χ4v) is 5.71. The second-order valence-corrected chi connectivity index (χ2v) is 11.5. The van der Waals surface area contributed by atoms with Gasteiger partial charge < -0.3 is 19.1 Å². The molecule has 0 unspecified atom stereocenters. The predicted octanol–water partition coefficient (Wildman–Crippen LogP) is 5.45. The van der Waals surface area contributed by atoms with Crippen LogP contribution in [-0.2, 0) is 16.1 Å². The Balaban J connectivity index is 1.38. The van der Waals surface area contributed by atoms with Gasteiger partial charge in [0.05, 0.1) is 23.5 Å². The normalized spacial score (nSPS) is 21.6. The molecule has 1 aliphatic heterocycles. The van der Waals surface area contributed by atoms with E-state index < -0.39 is 5.60 Å². The smallest absolute Gasteiger partial charge is 0.310 e. The Morgan fingerprint density at radius 1 is 0.972 bits per heavy atom. The summed E-state index contributed by atoms with van der Waals surface area (Å²) in [7, 11) is 2.18. The summed E-state index contributed by atoms with van der Waals surface area (Å²) in [4.78, 5) is 22.8. The fraction of sp³-hybridized carbons (Fsp3) is 0.533. The van der Waals surface area contributed by atoms with Gasteiger partial charge in [-0.05, 0) is 69.8 Å². The lowest BCUT2D eigenvalue weighted by Crippen LogP contribution is -2.45. The molecular formula is C30H40N4O2. The van der Waals surface area contributed by atoms with Crippen molar-refractivity contribution in [3.05, 3.63) is 59.7 Å². The molecule has 1 saturated carbocycles. The molecule has 0 N–H and O–H groups in total. The molecule has 2 atom stereocenters. The van der Waals surface area contributed by atoms with Crippen molar-refractivity contribution in [1.29, 1.82) is 0 Å². The third kappa shape index (κ3) is 5.44. The van der Waals surface area contributed by atoms with E-state index in [1.54, 1.807) is 0 Å². The van der Waals surface area contributed by atoms with Gasteiger partial charge in [0.1, 0.15) is 5.60 Å². The Kier molecular flexibility index (Phi) is 7.07. The first-order valence-electron chi connectivity index (χ1n) is 13.5. The number of piperazine rings is 1. The highest BCUT2D eigenvalue weighted by Gasteiger charge is 2.35. The third-order valence-corrected chi connectivity index (χ3v) is 7.64. The zero-order valence-electron chi connectivity index (χ0n) is 22.2. The van der Waals surface area contributed by atoms with Crippen molar-refractivity contribution >= 4 is 23.0 Å². The number of hydrogen-bond acceptors (Lipinski definition) is 5. The van der Waals surface area contributed by atoms with Gasteiger partial charge >= 0.3 is 5.97 Å². The van der Waals surface area contributed by atoms with Gasteiger partial charge in [-0.15, -0.1) is 0 Å². The minimum absolute atomic E-state index is 0.0435. The number of imidazole rings is 1. The van der Waals surface area contributed by atoms with Gasteiger partial charge in [0.2, 0.25) is 5.95 Å². The molecular weight excluding hydrogens is 448 g/mol. The van der Waals surface area contributed by atoms with Crippen LogP contribution in [0.2, 0.25) is 0 Å². The molecule has 2 heterocycles. The Bertz CT molecular complexity index is 1190. The molecule has 0 amide bonds. The first-order valence-corrected chi connectivity index (χ1v) is 13.5. The van der Waals surface area contributed by atoms with E-state index in [1.165, 1.54) is 23.1 Å². The molecule has 6 nitrogen and oxygen atoms in total. The Morgan fingerprint density at radius 3 is 2.39 bits per heavy atom. The van der Waals surface area contributed by atoms with Crippen molar-refractivity contribution in [1.82, 2.24) is 14.5 Å². The molecule has 2 aliphatic rings. The van der Waals surface area contributed by atoms with Gasteiger partial charge in [0.25, 0.3) is 0 Å². The Morgan fingerprint density at radius 2 is 1.67 bits per heavy atom. The Hall–Kier alpha value is -2.86. The second kappa shape index (κ2) is 10.3. The molecule has 6 heteroatoms. The zero-order chi connectivity index (χ0) is 25.3. The lowest BCUT2D eigenvalue weighted by Gasteiger charge is -2.33. The Labute approximate surface area is 215 Å². The minimum atomic E-state index is -0.446. The molecule has 5 rings (SSSR count). The number of ether oxygens (including phenoxy) is 1. The van der Waals surface area contributed by atoms with Gasteiger partial charge in [-0.3, -0.25) is 4.79 Å². The number of carbonyl (C=O) groups is 1. The number of nitrogens with zero attached hydrogens (tertiary/aromatic N) is 4. The number of carbonyl (C=O) groups excluding carboxylic acids is 1. The summed E-state index contributed by atoms with van der Waals surface area (Å²) in [5, 5.41) is 0. The number of rotatable bonds is 5. The topological polar surface area (TPSA) is 50.6 Å². The molecule has 1 aliphatic carbocycles. The van der Waals surface area contributed by atoms with Gasteiger partial charge in [-0.25, -0.2) is 4.98 Å². The van der Waals surface area contributed by atoms with Crippen LogP contribution >= 0.6 is 0 Å². The van der Waals surface area contributed by atoms with Crippen LogP contribution in [0.15, 0.2) is 48.5 Å². The van der Waals surface area contributed by atoms with E-state index in [-0.39, 0.29) is 17.8 Å². The van der Waals surface area contributed by atoms with Gasteiger partial charge in [-0.2, -0.15) is 0 Å². The van der Waals surface area contributed by atoms with Crippen molar-refractivity contribution in [2.45, 2.75) is 64.5 Å². The number of likely N-dealkylation sites (N-methyl/N-ethyl adjacent to an activating group) is 1. The second-order valence-electron chi connectivity index (χ2n) is 11.5. The van der Waals surface area contributed by atoms with Gasteiger partial charge in [0, 0.05) is 26.2 Å². The molecule has 36 heavy (non-hydrogen) atoms. The summed E-state index contributed by atoms with van der Waals surface area (Å²) in [6.45, 7) is 10.7. The number of anilines is 1. The highest BCUT2D eigenvalue weighted by molar-refractivity contribution is 5.79. The van der Waals surface area contributed by atoms with E-state index in [4.69, 9.17) is 9.72 Å². The SMILES string of the molecule is CN1CCN(c2nc3ccccc3n2Cc2ccc([C@@H]3CCCC[C@H]3C(=O)OC(C)(C)C)cc2)CC1. The first kappa shape index (κ1) is 24.8. The molecule has 3 aromatic rings. The zero-order valence-corrected chi connectivity index (χ0v) is 22.2. The van der Waals surface area contributed by atoms with Crippen molar-refractivity contribution in [3.8, 4) is 0 Å². The molecule has 2 aromatic carbocycles. The van der Waals surface area contributed by atoms with Crippen LogP contribution in [0.3, 0.4) is 0 Å². The third-order valence-electron chi connectivity index (χ3n) is 7.64. The van der Waals surface area contributed by atoms with Crippen molar-refractivity contribution in [2.24, 2.45) is 5.92 Å². The van der Waals surface area contributed by atoms with E-state index in [2.05, 4.69) is 69.9 Å². The van der Waals surface area contributed by atoms with Crippen LogP contribution in [0, 0.1) is 5.92 Å². The summed E-state index contributed by atoms with van der Waals surface area (Å²) < 4.78 is 8.15. The number of esters is 1. The van der Waals surface area contributed by atoms with Crippen LogP contribution in [0.4, 0.5) is 5.95 Å². The maximum Gasteiger partial charge on any atom is 0.310 e. The van der Waals surface area contributed by atoms with Crippen LogP contribution in [0.5, 0.6) is 0 Å². The summed E-state index contributed by atoms with van der Waals surface area (Å²) >= 11 is 0. The number of benzene rings is 2. The highest BCUT2D eigenvalue weighted by Crippen LogP contribution is 2.39. The summed E-state index contributed by atoms with van der Waals surface area (Å²) in [6.07, 6.45) is 4.22. The molecule has 0 bridgehead atoms. The fourth-order valence-electron chi connectivity index (χ4n) is 5.71. The van der Waals surface area contributed by atoms with Crippen LogP contribution in [0.1, 0.15) is 63.5 Å². The summed E-state index contributed by atoms with van der Waals surface area (Å²) in [5.74, 6) is 1.20. The van der Waals surface area contributed by atoms with Crippen molar-refractivity contribution < 1.29 is 9.53 Å². The summed E-state index contributed by atoms with van der Waals surface area (Å²) in [5.41, 5.74) is 4.28. The van der Waals surface area contributed by atoms with Crippen LogP contribution < -0.4 is 4.90 Å². The molecule has 0 radical (unpaired) electrons. The maximum absolute atomic E-state index is 13.0. The van der Waals surface area contributed by atoms with Crippen LogP contribution in [0.25, 0.3) is 11.0 Å². The van der Waals surface area contributed by atoms with E-state index in [9.17, 15) is 4.79 Å². The van der Waals surface area contributed by atoms with E-state index in [0.717, 1.165) is 63.5 Å². The monoisotopic (exact) mass is 488 g/mol. The highest BCUT2D eigenvalue weighted by atomic mass is 16.6. The van der Waals surface area contributed by atoms with Crippen molar-refractivity contribution in [3.63, 3.8) is 0 Å². The molecule has 0 spiro atoms. The predicted molar refractivity (Wildman–Crippen MR) is 146 cm³/mol. The van der Waals surface area contributed by atoms with Gasteiger partial charge in [-0.1, -0.05) is 49.2 Å². The first-order chi connectivity index (χ1) is 17.3. The number of fused-ring (bicyclic) bond motifs is 1. The number of hydrogen-bond donors (Lipinski definition) is 0. The average Bonchev–Trinajstić information content (AvgIpc) is 3.22. The van der Waals surface area contributed by atoms with Crippen LogP contribution in [-0.4, -0.2) is 59.2 Å². The maximum atomic E-state index is 13.0. The largest absolute Gasteiger partial charge is 0.460 e. The lowest BCUT2D eigenvalue weighted by molar-refractivity contribution is -0.161. The molecule has 2 fully saturated rings. The number of aromatic nitrogens is 2. The average molecular weight is 489 g/mol. The standard InChI is InChI=1S/C30H40N4O2/c1-30(2,3)36-28(35)25-10-6-5-9-24(25)23-15-13-22(14-16-23)21-34-27-12-8-7-11-26(27)31-29(34)33-19-17-32(4)18-20-33/h7-8,11-16,24-25H,5-6,9-10,17-21H2,1-4H3/t24-,25+/m0/s1. The number of para-hydroxylation sites is 2. The van der Waals surface area contributed by atoms with Crippen molar-refractivity contribution in [2.75, 3.05) is 38.1 Å². The minimum Gasteiger partial charge on any atom is -0.460 e. The lowest BCUT2D eigenvalue weighted by atomic mass is 9.75. The molecule has 192 valence electrons. The summed E-state index contributed by atoms with van der Waals surface area (Å²) in [6, 6.07) is 17.4.